The van der Waals surface area contributed by atoms with Crippen LogP contribution in [0.25, 0.3) is 0 Å². The van der Waals surface area contributed by atoms with Crippen molar-refractivity contribution in [3.05, 3.63) is 29.8 Å². The molecule has 1 aromatic carbocycles. The number of anilines is 1. The largest absolute Gasteiger partial charge is 0.399 e. The fraction of sp³-hybridized carbons (Fsp3) is 0.600. The topological polar surface area (TPSA) is 35.2 Å². The molecule has 17 heavy (non-hydrogen) atoms. The molecule has 0 radical (unpaired) electrons. The molecule has 0 aromatic heterocycles. The molecule has 0 amide bonds. The van der Waals surface area contributed by atoms with Gasteiger partial charge in [0, 0.05) is 5.69 Å². The van der Waals surface area contributed by atoms with E-state index < -0.39 is 0 Å². The zero-order valence-electron chi connectivity index (χ0n) is 10.7. The predicted octanol–water partition coefficient (Wildman–Crippen LogP) is 3.41. The fourth-order valence-corrected chi connectivity index (χ4v) is 2.63. The normalized spacial score (nSPS) is 24.8. The Morgan fingerprint density at radius 1 is 1.29 bits per heavy atom. The minimum absolute atomic E-state index is 0.476. The van der Waals surface area contributed by atoms with Crippen LogP contribution < -0.4 is 5.73 Å². The highest BCUT2D eigenvalue weighted by atomic mass is 16.5. The van der Waals surface area contributed by atoms with Crippen LogP contribution in [0.2, 0.25) is 0 Å². The van der Waals surface area contributed by atoms with Crippen molar-refractivity contribution >= 4 is 5.69 Å². The Bertz CT molecular complexity index is 351. The minimum atomic E-state index is 0.476. The molecule has 0 aliphatic heterocycles. The van der Waals surface area contributed by atoms with Crippen LogP contribution in [0.3, 0.4) is 0 Å². The van der Waals surface area contributed by atoms with Gasteiger partial charge < -0.3 is 10.5 Å². The summed E-state index contributed by atoms with van der Waals surface area (Å²) in [5, 5.41) is 0. The van der Waals surface area contributed by atoms with E-state index in [0.29, 0.717) is 6.10 Å². The number of benzene rings is 1. The van der Waals surface area contributed by atoms with Gasteiger partial charge in [-0.2, -0.15) is 0 Å². The quantitative estimate of drug-likeness (QED) is 0.809. The third kappa shape index (κ3) is 3.74. The van der Waals surface area contributed by atoms with Gasteiger partial charge in [-0.15, -0.1) is 0 Å². The monoisotopic (exact) mass is 233 g/mol. The van der Waals surface area contributed by atoms with Gasteiger partial charge in [0.25, 0.3) is 0 Å². The number of hydrogen-bond acceptors (Lipinski definition) is 2. The number of para-hydroxylation sites is 1. The Kier molecular flexibility index (Phi) is 4.43. The van der Waals surface area contributed by atoms with Gasteiger partial charge >= 0.3 is 0 Å². The van der Waals surface area contributed by atoms with Crippen LogP contribution in [-0.2, 0) is 11.2 Å². The summed E-state index contributed by atoms with van der Waals surface area (Å²) in [6.07, 6.45) is 6.55. The Morgan fingerprint density at radius 3 is 2.88 bits per heavy atom. The molecule has 1 saturated carbocycles. The van der Waals surface area contributed by atoms with Crippen LogP contribution in [-0.4, -0.2) is 12.7 Å². The lowest BCUT2D eigenvalue weighted by atomic mass is 9.89. The highest BCUT2D eigenvalue weighted by molar-refractivity contribution is 5.46. The van der Waals surface area contributed by atoms with Crippen molar-refractivity contribution in [2.75, 3.05) is 12.3 Å². The minimum Gasteiger partial charge on any atom is -0.399 e. The molecule has 0 spiro atoms. The lowest BCUT2D eigenvalue weighted by Gasteiger charge is -2.26. The van der Waals surface area contributed by atoms with E-state index >= 15 is 0 Å². The molecule has 1 aromatic rings. The zero-order chi connectivity index (χ0) is 12.1. The Hall–Kier alpha value is -1.02. The first-order chi connectivity index (χ1) is 8.25. The standard InChI is InChI=1S/C15H23NO/c1-12-5-4-7-14(11-12)17-10-9-13-6-2-3-8-15(13)16/h2-3,6,8,12,14H,4-5,7,9-11,16H2,1H3. The van der Waals surface area contributed by atoms with Crippen LogP contribution >= 0.6 is 0 Å². The average Bonchev–Trinajstić information content (AvgIpc) is 2.32. The van der Waals surface area contributed by atoms with E-state index in [9.17, 15) is 0 Å². The molecule has 0 saturated heterocycles. The van der Waals surface area contributed by atoms with Crippen LogP contribution in [0.1, 0.15) is 38.2 Å². The SMILES string of the molecule is CC1CCCC(OCCc2ccccc2N)C1. The molecule has 2 heteroatoms. The number of hydrogen-bond donors (Lipinski definition) is 1. The maximum Gasteiger partial charge on any atom is 0.0577 e. The molecule has 2 atom stereocenters. The molecular formula is C15H23NO. The summed E-state index contributed by atoms with van der Waals surface area (Å²) in [6.45, 7) is 3.12. The molecule has 0 heterocycles. The van der Waals surface area contributed by atoms with Crippen molar-refractivity contribution < 1.29 is 4.74 Å². The Balaban J connectivity index is 1.74. The maximum absolute atomic E-state index is 5.96. The number of nitrogens with two attached hydrogens (primary N) is 1. The van der Waals surface area contributed by atoms with Crippen molar-refractivity contribution in [2.45, 2.75) is 45.1 Å². The summed E-state index contributed by atoms with van der Waals surface area (Å²) in [4.78, 5) is 0. The lowest BCUT2D eigenvalue weighted by Crippen LogP contribution is -2.22. The van der Waals surface area contributed by atoms with Gasteiger partial charge in [-0.05, 0) is 36.8 Å². The van der Waals surface area contributed by atoms with Crippen LogP contribution in [0.4, 0.5) is 5.69 Å². The molecule has 1 aliphatic rings. The second-order valence-corrected chi connectivity index (χ2v) is 5.21. The molecule has 1 fully saturated rings. The van der Waals surface area contributed by atoms with E-state index in [1.54, 1.807) is 0 Å². The van der Waals surface area contributed by atoms with Gasteiger partial charge in [0.1, 0.15) is 0 Å². The van der Waals surface area contributed by atoms with Crippen molar-refractivity contribution in [2.24, 2.45) is 5.92 Å². The Morgan fingerprint density at radius 2 is 2.12 bits per heavy atom. The first kappa shape index (κ1) is 12.4. The van der Waals surface area contributed by atoms with Gasteiger partial charge in [0.05, 0.1) is 12.7 Å². The van der Waals surface area contributed by atoms with Gasteiger partial charge in [-0.1, -0.05) is 38.0 Å². The molecule has 0 bridgehead atoms. The van der Waals surface area contributed by atoms with E-state index in [2.05, 4.69) is 13.0 Å². The highest BCUT2D eigenvalue weighted by Crippen LogP contribution is 2.25. The van der Waals surface area contributed by atoms with Crippen molar-refractivity contribution in [1.82, 2.24) is 0 Å². The second kappa shape index (κ2) is 6.06. The molecular weight excluding hydrogens is 210 g/mol. The lowest BCUT2D eigenvalue weighted by molar-refractivity contribution is 0.0174. The van der Waals surface area contributed by atoms with Gasteiger partial charge in [-0.25, -0.2) is 0 Å². The van der Waals surface area contributed by atoms with Crippen molar-refractivity contribution in [3.63, 3.8) is 0 Å². The van der Waals surface area contributed by atoms with Gasteiger partial charge in [-0.3, -0.25) is 0 Å². The summed E-state index contributed by atoms with van der Waals surface area (Å²) >= 11 is 0. The van der Waals surface area contributed by atoms with Gasteiger partial charge in [0.15, 0.2) is 0 Å². The van der Waals surface area contributed by atoms with Crippen LogP contribution in [0.5, 0.6) is 0 Å². The van der Waals surface area contributed by atoms with Crippen molar-refractivity contribution in [1.29, 1.82) is 0 Å². The Labute approximate surface area is 104 Å². The summed E-state index contributed by atoms with van der Waals surface area (Å²) < 4.78 is 5.96. The van der Waals surface area contributed by atoms with Crippen LogP contribution in [0, 0.1) is 5.92 Å². The smallest absolute Gasteiger partial charge is 0.0577 e. The summed E-state index contributed by atoms with van der Waals surface area (Å²) in [6, 6.07) is 8.05. The van der Waals surface area contributed by atoms with Crippen molar-refractivity contribution in [3.8, 4) is 0 Å². The first-order valence-electron chi connectivity index (χ1n) is 6.70. The van der Waals surface area contributed by atoms with Gasteiger partial charge in [0.2, 0.25) is 0 Å². The fourth-order valence-electron chi connectivity index (χ4n) is 2.63. The van der Waals surface area contributed by atoms with E-state index in [0.717, 1.165) is 24.6 Å². The van der Waals surface area contributed by atoms with E-state index in [-0.39, 0.29) is 0 Å². The molecule has 1 aliphatic carbocycles. The highest BCUT2D eigenvalue weighted by Gasteiger charge is 2.18. The maximum atomic E-state index is 5.96. The third-order valence-electron chi connectivity index (χ3n) is 3.67. The van der Waals surface area contributed by atoms with E-state index in [4.69, 9.17) is 10.5 Å². The first-order valence-corrected chi connectivity index (χ1v) is 6.70. The molecule has 2 rings (SSSR count). The summed E-state index contributed by atoms with van der Waals surface area (Å²) in [5.41, 5.74) is 7.99. The number of rotatable bonds is 4. The third-order valence-corrected chi connectivity index (χ3v) is 3.67. The zero-order valence-corrected chi connectivity index (χ0v) is 10.7. The predicted molar refractivity (Wildman–Crippen MR) is 71.9 cm³/mol. The molecule has 2 N–H and O–H groups in total. The van der Waals surface area contributed by atoms with E-state index in [1.165, 1.54) is 31.2 Å². The number of nitrogen functional groups attached to an aromatic ring is 1. The molecule has 2 unspecified atom stereocenters. The second-order valence-electron chi connectivity index (χ2n) is 5.21. The summed E-state index contributed by atoms with van der Waals surface area (Å²) in [7, 11) is 0. The van der Waals surface area contributed by atoms with E-state index in [1.807, 2.05) is 18.2 Å². The average molecular weight is 233 g/mol. The number of ether oxygens (including phenoxy) is 1. The molecule has 94 valence electrons. The van der Waals surface area contributed by atoms with Crippen LogP contribution in [0.15, 0.2) is 24.3 Å². The molecule has 2 nitrogen and oxygen atoms in total. The summed E-state index contributed by atoms with van der Waals surface area (Å²) in [5.74, 6) is 0.829.